The lowest BCUT2D eigenvalue weighted by Crippen LogP contribution is -2.07. The molecule has 76 heavy (non-hydrogen) atoms. The molecule has 10 aromatic rings. The van der Waals surface area contributed by atoms with Gasteiger partial charge < -0.3 is 22.7 Å². The van der Waals surface area contributed by atoms with Gasteiger partial charge in [-0.25, -0.2) is 29.9 Å². The second-order valence-corrected chi connectivity index (χ2v) is 22.1. The van der Waals surface area contributed by atoms with Crippen LogP contribution in [0.25, 0.3) is 43.4 Å². The minimum atomic E-state index is 0.307. The zero-order valence-electron chi connectivity index (χ0n) is 47.8. The van der Waals surface area contributed by atoms with Gasteiger partial charge in [0.15, 0.2) is 11.5 Å². The van der Waals surface area contributed by atoms with Crippen LogP contribution in [0, 0.1) is 26.7 Å². The van der Waals surface area contributed by atoms with E-state index in [9.17, 15) is 0 Å². The van der Waals surface area contributed by atoms with Gasteiger partial charge in [0, 0.05) is 59.1 Å². The van der Waals surface area contributed by atoms with Crippen molar-refractivity contribution in [3.05, 3.63) is 149 Å². The molecule has 0 saturated carbocycles. The van der Waals surface area contributed by atoms with Gasteiger partial charge in [-0.3, -0.25) is 4.99 Å². The minimum absolute atomic E-state index is 0.307. The Balaban J connectivity index is 0.000000166. The van der Waals surface area contributed by atoms with Crippen LogP contribution in [0.15, 0.2) is 131 Å². The Morgan fingerprint density at radius 1 is 0.592 bits per heavy atom. The predicted molar refractivity (Wildman–Crippen MR) is 320 cm³/mol. The number of oxazole rings is 1. The van der Waals surface area contributed by atoms with E-state index in [0.717, 1.165) is 56.5 Å². The third kappa shape index (κ3) is 17.4. The summed E-state index contributed by atoms with van der Waals surface area (Å²) < 4.78 is 15.3. The highest BCUT2D eigenvalue weighted by molar-refractivity contribution is 7.18. The van der Waals surface area contributed by atoms with E-state index in [2.05, 4.69) is 212 Å². The summed E-state index contributed by atoms with van der Waals surface area (Å²) in [6.07, 6.45) is 12.5. The van der Waals surface area contributed by atoms with Crippen LogP contribution >= 0.6 is 22.9 Å². The lowest BCUT2D eigenvalue weighted by Gasteiger charge is -2.10. The number of imidazole rings is 3. The van der Waals surface area contributed by atoms with Gasteiger partial charge in [0.05, 0.1) is 56.5 Å². The highest BCUT2D eigenvalue weighted by Gasteiger charge is 2.12. The van der Waals surface area contributed by atoms with Crippen molar-refractivity contribution < 1.29 is 4.42 Å². The van der Waals surface area contributed by atoms with E-state index >= 15 is 0 Å². The average molecular weight is 1070 g/mol. The van der Waals surface area contributed by atoms with E-state index in [1.54, 1.807) is 36.5 Å². The molecule has 0 saturated heterocycles. The average Bonchev–Trinajstić information content (AvgIpc) is 4.23. The third-order valence-corrected chi connectivity index (χ3v) is 13.7. The number of aliphatic imine (C=N–C) groups is 2. The molecule has 404 valence electrons. The number of rotatable bonds is 7. The first-order valence-electron chi connectivity index (χ1n) is 26.3. The monoisotopic (exact) mass is 1070 g/mol. The van der Waals surface area contributed by atoms with E-state index in [1.165, 1.54) is 32.0 Å². The second kappa shape index (κ2) is 28.9. The van der Waals surface area contributed by atoms with Gasteiger partial charge in [0.25, 0.3) is 0 Å². The van der Waals surface area contributed by atoms with Gasteiger partial charge in [0.2, 0.25) is 0 Å². The number of fused-ring (bicyclic) bond motifs is 4. The molecule has 1 aliphatic rings. The van der Waals surface area contributed by atoms with Crippen LogP contribution in [0.3, 0.4) is 0 Å². The highest BCUT2D eigenvalue weighted by Crippen LogP contribution is 2.28. The molecule has 6 aromatic heterocycles. The van der Waals surface area contributed by atoms with Gasteiger partial charge in [-0.05, 0) is 142 Å². The molecule has 14 nitrogen and oxygen atoms in total. The maximum absolute atomic E-state index is 5.99. The molecular weight excluding hydrogens is 986 g/mol. The minimum Gasteiger partial charge on any atom is -0.440 e. The molecule has 0 bridgehead atoms. The molecule has 0 N–H and O–H groups in total. The zero-order chi connectivity index (χ0) is 55.6. The van der Waals surface area contributed by atoms with Crippen LogP contribution in [0.5, 0.6) is 0 Å². The molecule has 0 amide bonds. The number of nitrogens with zero attached hydrogens (tertiary/aromatic N) is 13. The van der Waals surface area contributed by atoms with Crippen LogP contribution < -0.4 is 0 Å². The molecule has 0 atom stereocenters. The molecule has 7 heterocycles. The number of aromatic nitrogens is 11. The SMILES string of the molecule is CC(C)C1=NC=NC1.CC(C)n1ccnc1.CC(C)n1cnc2ccccc21.CC(C)n1cnnc1.Cc1cc2oc(C(C)C)nc2cc1Cl.Cc1ccc2sc(C(C)C)nc2c1.Cc1nc2ccccc2n1C(C)C. The molecule has 16 heteroatoms. The fourth-order valence-electron chi connectivity index (χ4n) is 7.50. The van der Waals surface area contributed by atoms with Crippen LogP contribution in [-0.2, 0) is 0 Å². The van der Waals surface area contributed by atoms with Crippen molar-refractivity contribution >= 4 is 78.4 Å². The van der Waals surface area contributed by atoms with Gasteiger partial charge in [-0.2, -0.15) is 0 Å². The van der Waals surface area contributed by atoms with Crippen molar-refractivity contribution in [2.24, 2.45) is 15.9 Å². The number of hydrogen-bond acceptors (Lipinski definition) is 11. The number of benzene rings is 4. The molecule has 0 aliphatic carbocycles. The Morgan fingerprint density at radius 2 is 1.25 bits per heavy atom. The summed E-state index contributed by atoms with van der Waals surface area (Å²) >= 11 is 7.80. The quantitative estimate of drug-likeness (QED) is 0.153. The summed E-state index contributed by atoms with van der Waals surface area (Å²) in [7, 11) is 0. The van der Waals surface area contributed by atoms with Gasteiger partial charge in [-0.1, -0.05) is 83.5 Å². The molecule has 4 aromatic carbocycles. The normalized spacial score (nSPS) is 11.8. The van der Waals surface area contributed by atoms with E-state index in [0.29, 0.717) is 41.9 Å². The Kier molecular flexibility index (Phi) is 22.8. The Hall–Kier alpha value is -6.84. The number of hydrogen-bond donors (Lipinski definition) is 0. The predicted octanol–water partition coefficient (Wildman–Crippen LogP) is 16.6. The summed E-state index contributed by atoms with van der Waals surface area (Å²) in [4.78, 5) is 29.7. The van der Waals surface area contributed by atoms with E-state index < -0.39 is 0 Å². The lowest BCUT2D eigenvalue weighted by atomic mass is 10.1. The summed E-state index contributed by atoms with van der Waals surface area (Å²) in [5, 5.41) is 9.29. The van der Waals surface area contributed by atoms with Crippen molar-refractivity contribution in [3.63, 3.8) is 0 Å². The molecule has 0 unspecified atom stereocenters. The van der Waals surface area contributed by atoms with E-state index in [1.807, 2.05) is 66.7 Å². The van der Waals surface area contributed by atoms with E-state index in [4.69, 9.17) is 16.0 Å². The largest absolute Gasteiger partial charge is 0.440 e. The van der Waals surface area contributed by atoms with Gasteiger partial charge in [0.1, 0.15) is 30.3 Å². The fourth-order valence-corrected chi connectivity index (χ4v) is 8.60. The smallest absolute Gasteiger partial charge is 0.198 e. The Bertz CT molecular complexity index is 3270. The summed E-state index contributed by atoms with van der Waals surface area (Å²) in [6, 6.07) is 28.7. The summed E-state index contributed by atoms with van der Waals surface area (Å²) in [5.74, 6) is 3.27. The van der Waals surface area contributed by atoms with Crippen LogP contribution in [0.1, 0.15) is 161 Å². The number of aryl methyl sites for hydroxylation is 3. The molecule has 0 radical (unpaired) electrons. The molecule has 11 rings (SSSR count). The zero-order valence-corrected chi connectivity index (χ0v) is 49.4. The van der Waals surface area contributed by atoms with Crippen molar-refractivity contribution in [2.75, 3.05) is 6.54 Å². The molecule has 1 aliphatic heterocycles. The van der Waals surface area contributed by atoms with Crippen molar-refractivity contribution in [1.82, 2.24) is 53.4 Å². The number of thiazole rings is 1. The fraction of sp³-hybridized carbons (Fsp3) is 0.417. The summed E-state index contributed by atoms with van der Waals surface area (Å²) in [6.45, 7) is 36.8. The Labute approximate surface area is 459 Å². The van der Waals surface area contributed by atoms with Gasteiger partial charge in [-0.15, -0.1) is 21.5 Å². The van der Waals surface area contributed by atoms with E-state index in [-0.39, 0.29) is 0 Å². The Morgan fingerprint density at radius 3 is 1.78 bits per heavy atom. The maximum Gasteiger partial charge on any atom is 0.198 e. The first kappa shape index (κ1) is 60.0. The number of para-hydroxylation sites is 4. The van der Waals surface area contributed by atoms with Crippen LogP contribution in [0.4, 0.5) is 0 Å². The van der Waals surface area contributed by atoms with Crippen molar-refractivity contribution in [1.29, 1.82) is 0 Å². The van der Waals surface area contributed by atoms with Crippen LogP contribution in [-0.4, -0.2) is 72.0 Å². The molecule has 0 spiro atoms. The molecular formula is C60H80ClN13OS. The first-order chi connectivity index (χ1) is 36.1. The topological polar surface area (TPSA) is 148 Å². The van der Waals surface area contributed by atoms with Crippen molar-refractivity contribution in [2.45, 2.75) is 154 Å². The van der Waals surface area contributed by atoms with Crippen molar-refractivity contribution in [3.8, 4) is 0 Å². The highest BCUT2D eigenvalue weighted by atomic mass is 35.5. The third-order valence-electron chi connectivity index (χ3n) is 11.9. The maximum atomic E-state index is 5.99. The van der Waals surface area contributed by atoms with Gasteiger partial charge >= 0.3 is 0 Å². The molecule has 0 fully saturated rings. The lowest BCUT2D eigenvalue weighted by molar-refractivity contribution is 0.501. The summed E-state index contributed by atoms with van der Waals surface area (Å²) in [5.41, 5.74) is 10.9. The number of halogens is 1. The van der Waals surface area contributed by atoms with Crippen LogP contribution in [0.2, 0.25) is 5.02 Å². The standard InChI is InChI=1S/C11H12ClNO.C11H14N2.C11H13NS.C10H12N2.2C6H10N2.C5H9N3/c1-6(2)11-13-9-5-8(12)7(3)4-10(9)14-11;1-8(2)13-9(3)12-10-6-4-5-7-11(10)13;1-7(2)11-12-9-6-8(3)4-5-10(9)13-11;1-8(2)12-7-11-9-5-3-4-6-10(9)12;1-5(2)6-3-7-4-8-6;1-6(2)8-4-3-7-5-8;1-5(2)8-3-6-7-4-8/h4-6H,1-3H3;4-8H,1-3H3;4-7H,1-3H3;3-8H,1-2H3;4-5H,3H2,1-2H3;3-6H,1-2H3;3-5H,1-2H3. The first-order valence-corrected chi connectivity index (χ1v) is 27.5. The second-order valence-electron chi connectivity index (χ2n) is 20.6.